The maximum absolute atomic E-state index is 10.8. The van der Waals surface area contributed by atoms with Crippen LogP contribution in [0.25, 0.3) is 0 Å². The number of nitrogens with one attached hydrogen (secondary N) is 1. The Morgan fingerprint density at radius 1 is 1.40 bits per heavy atom. The number of carbonyl (C=O) groups is 1. The fourth-order valence-electron chi connectivity index (χ4n) is 1.28. The zero-order valence-corrected chi connectivity index (χ0v) is 9.56. The highest BCUT2D eigenvalue weighted by Crippen LogP contribution is 2.07. The van der Waals surface area contributed by atoms with E-state index in [0.29, 0.717) is 18.9 Å². The highest BCUT2D eigenvalue weighted by Gasteiger charge is 2.17. The maximum atomic E-state index is 10.8. The van der Waals surface area contributed by atoms with Gasteiger partial charge in [-0.3, -0.25) is 4.79 Å². The molecular weight excluding hydrogens is 198 g/mol. The van der Waals surface area contributed by atoms with Gasteiger partial charge in [-0.05, 0) is 12.3 Å². The van der Waals surface area contributed by atoms with E-state index in [1.54, 1.807) is 0 Å². The van der Waals surface area contributed by atoms with E-state index in [4.69, 9.17) is 10.2 Å². The van der Waals surface area contributed by atoms with Gasteiger partial charge in [0, 0.05) is 6.54 Å². The van der Waals surface area contributed by atoms with Crippen LogP contribution >= 0.6 is 0 Å². The number of hydrogen-bond acceptors (Lipinski definition) is 5. The summed E-state index contributed by atoms with van der Waals surface area (Å²) in [4.78, 5) is 10.8. The molecule has 0 bridgehead atoms. The first-order valence-corrected chi connectivity index (χ1v) is 5.13. The number of aliphatic hydroxyl groups is 2. The van der Waals surface area contributed by atoms with E-state index in [9.17, 15) is 4.79 Å². The number of rotatable bonds is 7. The van der Waals surface area contributed by atoms with Gasteiger partial charge < -0.3 is 20.3 Å². The molecule has 0 aliphatic heterocycles. The number of methoxy groups -OCH3 is 1. The molecule has 5 heteroatoms. The average Bonchev–Trinajstić information content (AvgIpc) is 2.15. The second kappa shape index (κ2) is 7.62. The predicted octanol–water partition coefficient (Wildman–Crippen LogP) is -0.136. The molecule has 15 heavy (non-hydrogen) atoms. The van der Waals surface area contributed by atoms with Crippen molar-refractivity contribution in [1.82, 2.24) is 5.32 Å². The van der Waals surface area contributed by atoms with E-state index in [0.717, 1.165) is 0 Å². The third kappa shape index (κ3) is 7.30. The molecule has 3 N–H and O–H groups in total. The molecule has 0 aliphatic rings. The molecule has 0 rings (SSSR count). The molecule has 0 amide bonds. The van der Waals surface area contributed by atoms with Crippen LogP contribution < -0.4 is 5.32 Å². The van der Waals surface area contributed by atoms with Crippen molar-refractivity contribution in [3.05, 3.63) is 0 Å². The fraction of sp³-hybridized carbons (Fsp3) is 0.900. The zero-order chi connectivity index (χ0) is 11.8. The molecule has 0 heterocycles. The third-order valence-electron chi connectivity index (χ3n) is 2.05. The largest absolute Gasteiger partial charge is 0.469 e. The van der Waals surface area contributed by atoms with Gasteiger partial charge in [-0.2, -0.15) is 0 Å². The summed E-state index contributed by atoms with van der Waals surface area (Å²) in [5.74, 6) is 0.0562. The standard InChI is InChI=1S/C10H21NO4/c1-7(2)6-8(10(13)14)11-5-4-9(12)15-3/h7-8,10-11,13-14H,4-6H2,1-3H3. The van der Waals surface area contributed by atoms with Crippen LogP contribution in [0.15, 0.2) is 0 Å². The van der Waals surface area contributed by atoms with Crippen molar-refractivity contribution in [3.8, 4) is 0 Å². The van der Waals surface area contributed by atoms with Crippen molar-refractivity contribution in [2.45, 2.75) is 39.0 Å². The first-order chi connectivity index (χ1) is 6.97. The molecule has 5 nitrogen and oxygen atoms in total. The maximum Gasteiger partial charge on any atom is 0.306 e. The minimum Gasteiger partial charge on any atom is -0.469 e. The van der Waals surface area contributed by atoms with E-state index in [-0.39, 0.29) is 12.4 Å². The molecule has 0 saturated heterocycles. The van der Waals surface area contributed by atoms with Crippen LogP contribution in [0, 0.1) is 5.92 Å². The van der Waals surface area contributed by atoms with Gasteiger partial charge in [0.05, 0.1) is 19.6 Å². The van der Waals surface area contributed by atoms with Gasteiger partial charge in [-0.1, -0.05) is 13.8 Å². The Balaban J connectivity index is 3.81. The lowest BCUT2D eigenvalue weighted by Crippen LogP contribution is -2.41. The highest BCUT2D eigenvalue weighted by molar-refractivity contribution is 5.69. The van der Waals surface area contributed by atoms with Gasteiger partial charge in [0.15, 0.2) is 6.29 Å². The number of hydrogen-bond donors (Lipinski definition) is 3. The lowest BCUT2D eigenvalue weighted by molar-refractivity contribution is -0.140. The number of esters is 1. The fourth-order valence-corrected chi connectivity index (χ4v) is 1.28. The monoisotopic (exact) mass is 219 g/mol. The van der Waals surface area contributed by atoms with Gasteiger partial charge in [-0.15, -0.1) is 0 Å². The molecule has 0 spiro atoms. The Bertz CT molecular complexity index is 182. The summed E-state index contributed by atoms with van der Waals surface area (Å²) < 4.78 is 4.47. The molecular formula is C10H21NO4. The molecule has 90 valence electrons. The van der Waals surface area contributed by atoms with Crippen molar-refractivity contribution in [3.63, 3.8) is 0 Å². The summed E-state index contributed by atoms with van der Waals surface area (Å²) in [5.41, 5.74) is 0. The Morgan fingerprint density at radius 2 is 2.00 bits per heavy atom. The molecule has 0 aliphatic carbocycles. The first kappa shape index (κ1) is 14.3. The van der Waals surface area contributed by atoms with Crippen molar-refractivity contribution in [2.24, 2.45) is 5.92 Å². The predicted molar refractivity (Wildman–Crippen MR) is 56.1 cm³/mol. The second-order valence-corrected chi connectivity index (χ2v) is 3.93. The van der Waals surface area contributed by atoms with E-state index in [1.807, 2.05) is 13.8 Å². The molecule has 0 aromatic heterocycles. The summed E-state index contributed by atoms with van der Waals surface area (Å²) in [6.45, 7) is 4.39. The van der Waals surface area contributed by atoms with Crippen molar-refractivity contribution >= 4 is 5.97 Å². The van der Waals surface area contributed by atoms with E-state index in [2.05, 4.69) is 10.1 Å². The summed E-state index contributed by atoms with van der Waals surface area (Å²) in [7, 11) is 1.33. The first-order valence-electron chi connectivity index (χ1n) is 5.13. The summed E-state index contributed by atoms with van der Waals surface area (Å²) in [5, 5.41) is 21.0. The third-order valence-corrected chi connectivity index (χ3v) is 2.05. The van der Waals surface area contributed by atoms with Crippen LogP contribution in [0.5, 0.6) is 0 Å². The van der Waals surface area contributed by atoms with Crippen molar-refractivity contribution in [1.29, 1.82) is 0 Å². The van der Waals surface area contributed by atoms with Crippen LogP contribution in [-0.4, -0.2) is 42.2 Å². The van der Waals surface area contributed by atoms with E-state index in [1.165, 1.54) is 7.11 Å². The van der Waals surface area contributed by atoms with Gasteiger partial charge in [-0.25, -0.2) is 0 Å². The summed E-state index contributed by atoms with van der Waals surface area (Å²) >= 11 is 0. The van der Waals surface area contributed by atoms with Crippen molar-refractivity contribution in [2.75, 3.05) is 13.7 Å². The molecule has 1 atom stereocenters. The van der Waals surface area contributed by atoms with E-state index >= 15 is 0 Å². The van der Waals surface area contributed by atoms with Crippen LogP contribution in [0.1, 0.15) is 26.7 Å². The number of carbonyl (C=O) groups excluding carboxylic acids is 1. The SMILES string of the molecule is COC(=O)CCNC(CC(C)C)C(O)O. The molecule has 0 aromatic carbocycles. The Hall–Kier alpha value is -0.650. The topological polar surface area (TPSA) is 78.8 Å². The van der Waals surface area contributed by atoms with Crippen LogP contribution in [0.4, 0.5) is 0 Å². The van der Waals surface area contributed by atoms with E-state index < -0.39 is 12.3 Å². The molecule has 0 fully saturated rings. The quantitative estimate of drug-likeness (QED) is 0.410. The Morgan fingerprint density at radius 3 is 2.40 bits per heavy atom. The molecule has 1 unspecified atom stereocenters. The zero-order valence-electron chi connectivity index (χ0n) is 9.56. The number of ether oxygens (including phenoxy) is 1. The van der Waals surface area contributed by atoms with Crippen molar-refractivity contribution < 1.29 is 19.7 Å². The normalized spacial score (nSPS) is 13.3. The lowest BCUT2D eigenvalue weighted by Gasteiger charge is -2.21. The van der Waals surface area contributed by atoms with Gasteiger partial charge in [0.25, 0.3) is 0 Å². The van der Waals surface area contributed by atoms with Crippen LogP contribution in [0.2, 0.25) is 0 Å². The highest BCUT2D eigenvalue weighted by atomic mass is 16.5. The average molecular weight is 219 g/mol. The van der Waals surface area contributed by atoms with Gasteiger partial charge in [0.1, 0.15) is 0 Å². The van der Waals surface area contributed by atoms with Crippen LogP contribution in [-0.2, 0) is 9.53 Å². The summed E-state index contributed by atoms with van der Waals surface area (Å²) in [6, 6.07) is -0.394. The molecule has 0 aromatic rings. The Kier molecular flexibility index (Phi) is 7.29. The molecule has 0 saturated carbocycles. The minimum atomic E-state index is -1.40. The number of aliphatic hydroxyl groups excluding tert-OH is 1. The smallest absolute Gasteiger partial charge is 0.306 e. The lowest BCUT2D eigenvalue weighted by atomic mass is 10.0. The summed E-state index contributed by atoms with van der Waals surface area (Å²) in [6.07, 6.45) is -0.513. The van der Waals surface area contributed by atoms with Crippen LogP contribution in [0.3, 0.4) is 0 Å². The Labute approximate surface area is 90.4 Å². The van der Waals surface area contributed by atoms with Gasteiger partial charge in [0.2, 0.25) is 0 Å². The second-order valence-electron chi connectivity index (χ2n) is 3.93. The molecule has 0 radical (unpaired) electrons. The van der Waals surface area contributed by atoms with Gasteiger partial charge >= 0.3 is 5.97 Å². The minimum absolute atomic E-state index is 0.234.